The zero-order chi connectivity index (χ0) is 14.7. The standard InChI is InChI=1S/C10H8O9/c1-17-9(15)4-3(7(11)12)5(8(13)14)19-6(4)10(16)18-2/h1-2H3,(H,11,12)(H,13,14). The topological polar surface area (TPSA) is 140 Å². The number of methoxy groups -OCH3 is 2. The van der Waals surface area contributed by atoms with E-state index in [1.54, 1.807) is 0 Å². The molecule has 1 rings (SSSR count). The zero-order valence-corrected chi connectivity index (χ0v) is 9.75. The summed E-state index contributed by atoms with van der Waals surface area (Å²) < 4.78 is 13.2. The summed E-state index contributed by atoms with van der Waals surface area (Å²) in [4.78, 5) is 44.7. The van der Waals surface area contributed by atoms with Gasteiger partial charge >= 0.3 is 23.9 Å². The van der Waals surface area contributed by atoms with Crippen LogP contribution in [0, 0.1) is 0 Å². The molecule has 0 saturated carbocycles. The molecule has 0 aliphatic carbocycles. The van der Waals surface area contributed by atoms with Crippen molar-refractivity contribution in [3.8, 4) is 0 Å². The number of hydrogen-bond acceptors (Lipinski definition) is 7. The number of carboxylic acids is 2. The van der Waals surface area contributed by atoms with Crippen molar-refractivity contribution in [1.82, 2.24) is 0 Å². The maximum Gasteiger partial charge on any atom is 0.374 e. The Balaban J connectivity index is 3.70. The van der Waals surface area contributed by atoms with Gasteiger partial charge in [-0.25, -0.2) is 19.2 Å². The first-order valence-electron chi connectivity index (χ1n) is 4.65. The molecule has 9 heteroatoms. The molecule has 9 nitrogen and oxygen atoms in total. The zero-order valence-electron chi connectivity index (χ0n) is 9.75. The van der Waals surface area contributed by atoms with E-state index in [1.165, 1.54) is 0 Å². The first-order valence-corrected chi connectivity index (χ1v) is 4.65. The second-order valence-corrected chi connectivity index (χ2v) is 3.10. The van der Waals surface area contributed by atoms with E-state index in [4.69, 9.17) is 10.2 Å². The molecule has 0 radical (unpaired) electrons. The number of esters is 2. The van der Waals surface area contributed by atoms with Crippen LogP contribution in [0.4, 0.5) is 0 Å². The maximum absolute atomic E-state index is 11.5. The van der Waals surface area contributed by atoms with Crippen LogP contribution in [0.15, 0.2) is 4.42 Å². The van der Waals surface area contributed by atoms with Crippen LogP contribution in [0.2, 0.25) is 0 Å². The smallest absolute Gasteiger partial charge is 0.374 e. The van der Waals surface area contributed by atoms with E-state index in [0.717, 1.165) is 14.2 Å². The number of aromatic carboxylic acids is 2. The van der Waals surface area contributed by atoms with Gasteiger partial charge in [0.15, 0.2) is 0 Å². The highest BCUT2D eigenvalue weighted by atomic mass is 16.5. The highest BCUT2D eigenvalue weighted by Gasteiger charge is 2.36. The van der Waals surface area contributed by atoms with Crippen molar-refractivity contribution >= 4 is 23.9 Å². The van der Waals surface area contributed by atoms with E-state index in [1.807, 2.05) is 0 Å². The summed E-state index contributed by atoms with van der Waals surface area (Å²) in [7, 11) is 1.88. The Kier molecular flexibility index (Phi) is 3.90. The Morgan fingerprint density at radius 1 is 0.842 bits per heavy atom. The summed E-state index contributed by atoms with van der Waals surface area (Å²) in [6, 6.07) is 0. The number of hydrogen-bond donors (Lipinski definition) is 2. The lowest BCUT2D eigenvalue weighted by atomic mass is 10.1. The molecule has 2 N–H and O–H groups in total. The summed E-state index contributed by atoms with van der Waals surface area (Å²) in [5.74, 6) is -7.84. The third-order valence-corrected chi connectivity index (χ3v) is 2.08. The average Bonchev–Trinajstić information content (AvgIpc) is 2.77. The Hall–Kier alpha value is -2.84. The van der Waals surface area contributed by atoms with Gasteiger partial charge in [-0.1, -0.05) is 0 Å². The molecule has 102 valence electrons. The second kappa shape index (κ2) is 5.21. The monoisotopic (exact) mass is 272 g/mol. The normalized spacial score (nSPS) is 9.79. The molecular formula is C10H8O9. The van der Waals surface area contributed by atoms with Crippen LogP contribution in [-0.4, -0.2) is 48.3 Å². The lowest BCUT2D eigenvalue weighted by Crippen LogP contribution is -2.14. The molecule has 0 bridgehead atoms. The van der Waals surface area contributed by atoms with Gasteiger partial charge in [-0.2, -0.15) is 0 Å². The van der Waals surface area contributed by atoms with E-state index in [9.17, 15) is 19.2 Å². The highest BCUT2D eigenvalue weighted by Crippen LogP contribution is 2.25. The minimum Gasteiger partial charge on any atom is -0.478 e. The molecule has 0 fully saturated rings. The van der Waals surface area contributed by atoms with Gasteiger partial charge in [0.25, 0.3) is 0 Å². The van der Waals surface area contributed by atoms with Crippen LogP contribution >= 0.6 is 0 Å². The largest absolute Gasteiger partial charge is 0.478 e. The van der Waals surface area contributed by atoms with Crippen molar-refractivity contribution in [2.75, 3.05) is 14.2 Å². The Morgan fingerprint density at radius 3 is 1.74 bits per heavy atom. The van der Waals surface area contributed by atoms with Gasteiger partial charge in [-0.15, -0.1) is 0 Å². The molecule has 0 aliphatic heterocycles. The molecule has 0 saturated heterocycles. The molecule has 0 atom stereocenters. The third kappa shape index (κ3) is 2.39. The Morgan fingerprint density at radius 2 is 1.37 bits per heavy atom. The molecule has 19 heavy (non-hydrogen) atoms. The molecular weight excluding hydrogens is 264 g/mol. The van der Waals surface area contributed by atoms with Gasteiger partial charge in [0.05, 0.1) is 14.2 Å². The minimum atomic E-state index is -1.75. The average molecular weight is 272 g/mol. The third-order valence-electron chi connectivity index (χ3n) is 2.08. The number of ether oxygens (including phenoxy) is 2. The van der Waals surface area contributed by atoms with Crippen molar-refractivity contribution in [2.24, 2.45) is 0 Å². The molecule has 0 amide bonds. The summed E-state index contributed by atoms with van der Waals surface area (Å²) >= 11 is 0. The molecule has 1 aromatic heterocycles. The fourth-order valence-corrected chi connectivity index (χ4v) is 1.32. The van der Waals surface area contributed by atoms with Crippen molar-refractivity contribution in [3.63, 3.8) is 0 Å². The minimum absolute atomic E-state index is 0.806. The van der Waals surface area contributed by atoms with Crippen LogP contribution in [-0.2, 0) is 9.47 Å². The molecule has 0 spiro atoms. The molecule has 1 heterocycles. The highest BCUT2D eigenvalue weighted by molar-refractivity contribution is 6.13. The van der Waals surface area contributed by atoms with Gasteiger partial charge in [0.2, 0.25) is 11.5 Å². The van der Waals surface area contributed by atoms with Gasteiger partial charge in [-0.3, -0.25) is 0 Å². The molecule has 1 aromatic rings. The van der Waals surface area contributed by atoms with Crippen molar-refractivity contribution < 1.29 is 43.3 Å². The first kappa shape index (κ1) is 14.2. The van der Waals surface area contributed by atoms with Crippen LogP contribution in [0.25, 0.3) is 0 Å². The van der Waals surface area contributed by atoms with E-state index in [2.05, 4.69) is 13.9 Å². The quantitative estimate of drug-likeness (QED) is 0.737. The Labute approximate surface area is 105 Å². The molecule has 0 unspecified atom stereocenters. The van der Waals surface area contributed by atoms with Gasteiger partial charge in [0, 0.05) is 0 Å². The fraction of sp³-hybridized carbons (Fsp3) is 0.200. The number of carboxylic acid groups (broad SMARTS) is 2. The van der Waals surface area contributed by atoms with Crippen LogP contribution in [0.5, 0.6) is 0 Å². The van der Waals surface area contributed by atoms with E-state index in [-0.39, 0.29) is 0 Å². The number of carbonyl (C=O) groups is 4. The number of furan rings is 1. The second-order valence-electron chi connectivity index (χ2n) is 3.10. The van der Waals surface area contributed by atoms with Crippen molar-refractivity contribution in [1.29, 1.82) is 0 Å². The fourth-order valence-electron chi connectivity index (χ4n) is 1.32. The van der Waals surface area contributed by atoms with Crippen molar-refractivity contribution in [3.05, 3.63) is 22.6 Å². The first-order chi connectivity index (χ1) is 8.84. The van der Waals surface area contributed by atoms with E-state index >= 15 is 0 Å². The Bertz CT molecular complexity index is 566. The molecule has 0 aromatic carbocycles. The predicted molar refractivity (Wildman–Crippen MR) is 55.3 cm³/mol. The predicted octanol–water partition coefficient (Wildman–Crippen LogP) is 0.249. The summed E-state index contributed by atoms with van der Waals surface area (Å²) in [5.41, 5.74) is -1.78. The summed E-state index contributed by atoms with van der Waals surface area (Å²) in [5, 5.41) is 17.7. The van der Waals surface area contributed by atoms with Gasteiger partial charge < -0.3 is 24.1 Å². The lowest BCUT2D eigenvalue weighted by Gasteiger charge is -2.00. The maximum atomic E-state index is 11.5. The summed E-state index contributed by atoms with van der Waals surface area (Å²) in [6.45, 7) is 0. The number of rotatable bonds is 4. The lowest BCUT2D eigenvalue weighted by molar-refractivity contribution is 0.0521. The SMILES string of the molecule is COC(=O)c1oc(C(=O)O)c(C(=O)O)c1C(=O)OC. The van der Waals surface area contributed by atoms with E-state index in [0.29, 0.717) is 0 Å². The van der Waals surface area contributed by atoms with Crippen molar-refractivity contribution in [2.45, 2.75) is 0 Å². The number of carbonyl (C=O) groups excluding carboxylic acids is 2. The van der Waals surface area contributed by atoms with Crippen LogP contribution in [0.1, 0.15) is 41.8 Å². The van der Waals surface area contributed by atoms with E-state index < -0.39 is 46.5 Å². The van der Waals surface area contributed by atoms with Gasteiger partial charge in [-0.05, 0) is 0 Å². The summed E-state index contributed by atoms with van der Waals surface area (Å²) in [6.07, 6.45) is 0. The molecule has 0 aliphatic rings. The van der Waals surface area contributed by atoms with Crippen LogP contribution < -0.4 is 0 Å². The van der Waals surface area contributed by atoms with Gasteiger partial charge in [0.1, 0.15) is 11.1 Å². The van der Waals surface area contributed by atoms with Crippen LogP contribution in [0.3, 0.4) is 0 Å².